The minimum absolute atomic E-state index is 0.121. The van der Waals surface area contributed by atoms with Gasteiger partial charge in [-0.05, 0) is 81.3 Å². The monoisotopic (exact) mass is 480 g/mol. The zero-order valence-corrected chi connectivity index (χ0v) is 21.1. The van der Waals surface area contributed by atoms with Crippen molar-refractivity contribution >= 4 is 22.4 Å². The number of anilines is 1. The third kappa shape index (κ3) is 3.96. The molecular weight excluding hydrogens is 448 g/mol. The maximum atomic E-state index is 13.9. The van der Waals surface area contributed by atoms with Crippen molar-refractivity contribution in [2.24, 2.45) is 17.8 Å². The summed E-state index contributed by atoms with van der Waals surface area (Å²) in [6.45, 7) is 10.9. The Hall–Kier alpha value is -3.62. The number of allylic oxidation sites excluding steroid dienone is 1. The van der Waals surface area contributed by atoms with E-state index in [4.69, 9.17) is 4.74 Å². The van der Waals surface area contributed by atoms with Gasteiger partial charge in [-0.25, -0.2) is 0 Å². The first-order valence-electron chi connectivity index (χ1n) is 12.6. The first-order valence-corrected chi connectivity index (χ1v) is 12.6. The van der Waals surface area contributed by atoms with Crippen LogP contribution in [0.25, 0.3) is 10.8 Å². The van der Waals surface area contributed by atoms with Gasteiger partial charge in [-0.15, -0.1) is 0 Å². The number of amides is 1. The number of rotatable bonds is 5. The van der Waals surface area contributed by atoms with Crippen LogP contribution in [0.4, 0.5) is 5.69 Å². The van der Waals surface area contributed by atoms with Gasteiger partial charge in [0, 0.05) is 22.4 Å². The molecule has 0 bridgehead atoms. The van der Waals surface area contributed by atoms with Gasteiger partial charge < -0.3 is 9.84 Å². The molecule has 1 heterocycles. The number of hydrogen-bond donors (Lipinski definition) is 1. The SMILES string of the molecule is C=C1[C@H]2C(CCOc3ccc(C)c(C)c3)CC[C@@](C)(O)[C@H]2C(=O)N1c1ccc(C#N)c2ccccc12. The molecule has 0 aromatic heterocycles. The maximum Gasteiger partial charge on any atom is 0.237 e. The summed E-state index contributed by atoms with van der Waals surface area (Å²) >= 11 is 0. The Morgan fingerprint density at radius 3 is 2.61 bits per heavy atom. The molecule has 5 heteroatoms. The van der Waals surface area contributed by atoms with Gasteiger partial charge in [0.05, 0.1) is 35.4 Å². The molecule has 1 saturated carbocycles. The van der Waals surface area contributed by atoms with Gasteiger partial charge in [0.25, 0.3) is 0 Å². The molecular formula is C31H32N2O3. The topological polar surface area (TPSA) is 73.6 Å². The van der Waals surface area contributed by atoms with Crippen LogP contribution in [-0.2, 0) is 4.79 Å². The van der Waals surface area contributed by atoms with E-state index in [2.05, 4.69) is 38.6 Å². The fourth-order valence-electron chi connectivity index (χ4n) is 6.09. The van der Waals surface area contributed by atoms with Gasteiger partial charge in [-0.2, -0.15) is 5.26 Å². The molecule has 5 nitrogen and oxygen atoms in total. The summed E-state index contributed by atoms with van der Waals surface area (Å²) in [5.74, 6) is 0.181. The lowest BCUT2D eigenvalue weighted by Gasteiger charge is -2.41. The van der Waals surface area contributed by atoms with Crippen LogP contribution in [0.5, 0.6) is 5.75 Å². The fraction of sp³-hybridized carbons (Fsp3) is 0.355. The van der Waals surface area contributed by atoms with Crippen LogP contribution in [0.15, 0.2) is 66.9 Å². The molecule has 0 radical (unpaired) electrons. The Balaban J connectivity index is 1.44. The van der Waals surface area contributed by atoms with Crippen LogP contribution in [0.3, 0.4) is 0 Å². The van der Waals surface area contributed by atoms with Crippen molar-refractivity contribution in [3.8, 4) is 11.8 Å². The largest absolute Gasteiger partial charge is 0.494 e. The lowest BCUT2D eigenvalue weighted by molar-refractivity contribution is -0.135. The second-order valence-corrected chi connectivity index (χ2v) is 10.5. The van der Waals surface area contributed by atoms with Crippen molar-refractivity contribution in [2.75, 3.05) is 11.5 Å². The van der Waals surface area contributed by atoms with Crippen molar-refractivity contribution in [3.05, 3.63) is 83.6 Å². The summed E-state index contributed by atoms with van der Waals surface area (Å²) in [6.07, 6.45) is 2.14. The number of nitriles is 1. The van der Waals surface area contributed by atoms with Crippen molar-refractivity contribution in [2.45, 2.75) is 45.6 Å². The second-order valence-electron chi connectivity index (χ2n) is 10.5. The number of carbonyl (C=O) groups excluding carboxylic acids is 1. The number of ether oxygens (including phenoxy) is 1. The Morgan fingerprint density at radius 2 is 1.89 bits per heavy atom. The van der Waals surface area contributed by atoms with Crippen LogP contribution in [0.2, 0.25) is 0 Å². The standard InChI is InChI=1S/C31H32N2O3/c1-19-9-11-24(17-20(19)2)36-16-14-22-13-15-31(4,35)29-28(22)21(3)33(30(29)34)27-12-10-23(18-32)25-7-5-6-8-26(25)27/h5-12,17,22,28-29,35H,3,13-16H2,1-2,4H3/t22?,28-,29+,31+/m0/s1. The highest BCUT2D eigenvalue weighted by atomic mass is 16.5. The Morgan fingerprint density at radius 1 is 1.14 bits per heavy atom. The van der Waals surface area contributed by atoms with Crippen LogP contribution < -0.4 is 9.64 Å². The van der Waals surface area contributed by atoms with Gasteiger partial charge in [-0.3, -0.25) is 9.69 Å². The number of hydrogen-bond acceptors (Lipinski definition) is 4. The number of aliphatic hydroxyl groups is 1. The van der Waals surface area contributed by atoms with E-state index in [1.54, 1.807) is 17.9 Å². The molecule has 1 amide bonds. The minimum Gasteiger partial charge on any atom is -0.494 e. The van der Waals surface area contributed by atoms with E-state index in [1.165, 1.54) is 11.1 Å². The number of fused-ring (bicyclic) bond motifs is 2. The number of aryl methyl sites for hydroxylation is 2. The molecule has 184 valence electrons. The van der Waals surface area contributed by atoms with E-state index in [0.29, 0.717) is 18.6 Å². The average molecular weight is 481 g/mol. The number of benzene rings is 3. The van der Waals surface area contributed by atoms with Crippen molar-refractivity contribution < 1.29 is 14.6 Å². The van der Waals surface area contributed by atoms with Crippen LogP contribution >= 0.6 is 0 Å². The average Bonchev–Trinajstić information content (AvgIpc) is 3.13. The molecule has 1 unspecified atom stereocenters. The predicted octanol–water partition coefficient (Wildman–Crippen LogP) is 6.05. The molecule has 3 aromatic rings. The predicted molar refractivity (Wildman–Crippen MR) is 142 cm³/mol. The first-order chi connectivity index (χ1) is 17.2. The highest BCUT2D eigenvalue weighted by molar-refractivity contribution is 6.10. The number of carbonyl (C=O) groups is 1. The molecule has 3 aromatic carbocycles. The quantitative estimate of drug-likeness (QED) is 0.482. The normalized spacial score (nSPS) is 25.6. The molecule has 36 heavy (non-hydrogen) atoms. The third-order valence-corrected chi connectivity index (χ3v) is 8.21. The van der Waals surface area contributed by atoms with Gasteiger partial charge in [-0.1, -0.05) is 36.9 Å². The van der Waals surface area contributed by atoms with Gasteiger partial charge in [0.2, 0.25) is 5.91 Å². The van der Waals surface area contributed by atoms with E-state index in [1.807, 2.05) is 36.4 Å². The van der Waals surface area contributed by atoms with Crippen LogP contribution in [0, 0.1) is 42.9 Å². The zero-order valence-electron chi connectivity index (χ0n) is 21.1. The highest BCUT2D eigenvalue weighted by Gasteiger charge is 2.57. The van der Waals surface area contributed by atoms with Crippen LogP contribution in [-0.4, -0.2) is 23.2 Å². The van der Waals surface area contributed by atoms with E-state index in [0.717, 1.165) is 40.7 Å². The van der Waals surface area contributed by atoms with Gasteiger partial charge in [0.15, 0.2) is 0 Å². The summed E-state index contributed by atoms with van der Waals surface area (Å²) in [4.78, 5) is 15.6. The molecule has 1 saturated heterocycles. The lowest BCUT2D eigenvalue weighted by atomic mass is 9.64. The third-order valence-electron chi connectivity index (χ3n) is 8.21. The molecule has 2 aliphatic rings. The molecule has 1 N–H and O–H groups in total. The molecule has 4 atom stereocenters. The van der Waals surface area contributed by atoms with E-state index < -0.39 is 11.5 Å². The molecule has 1 aliphatic carbocycles. The molecule has 1 aliphatic heterocycles. The molecule has 5 rings (SSSR count). The van der Waals surface area contributed by atoms with Gasteiger partial charge >= 0.3 is 0 Å². The second kappa shape index (κ2) is 9.11. The maximum absolute atomic E-state index is 13.9. The van der Waals surface area contributed by atoms with Gasteiger partial charge in [0.1, 0.15) is 5.75 Å². The Labute approximate surface area is 212 Å². The smallest absolute Gasteiger partial charge is 0.237 e. The molecule has 2 fully saturated rings. The zero-order chi connectivity index (χ0) is 25.6. The van der Waals surface area contributed by atoms with E-state index >= 15 is 0 Å². The Kier molecular flexibility index (Phi) is 6.10. The van der Waals surface area contributed by atoms with Crippen molar-refractivity contribution in [3.63, 3.8) is 0 Å². The summed E-state index contributed by atoms with van der Waals surface area (Å²) in [6, 6.07) is 19.6. The lowest BCUT2D eigenvalue weighted by Crippen LogP contribution is -2.48. The summed E-state index contributed by atoms with van der Waals surface area (Å²) < 4.78 is 6.08. The molecule has 0 spiro atoms. The summed E-state index contributed by atoms with van der Waals surface area (Å²) in [5.41, 5.74) is 3.33. The fourth-order valence-corrected chi connectivity index (χ4v) is 6.09. The van der Waals surface area contributed by atoms with Crippen molar-refractivity contribution in [1.29, 1.82) is 5.26 Å². The Bertz CT molecular complexity index is 1400. The summed E-state index contributed by atoms with van der Waals surface area (Å²) in [7, 11) is 0. The van der Waals surface area contributed by atoms with Crippen LogP contribution in [0.1, 0.15) is 42.9 Å². The van der Waals surface area contributed by atoms with E-state index in [-0.39, 0.29) is 17.7 Å². The first kappa shape index (κ1) is 24.1. The highest BCUT2D eigenvalue weighted by Crippen LogP contribution is 2.53. The van der Waals surface area contributed by atoms with E-state index in [9.17, 15) is 15.2 Å². The summed E-state index contributed by atoms with van der Waals surface area (Å²) in [5, 5.41) is 22.5. The minimum atomic E-state index is -1.10. The van der Waals surface area contributed by atoms with Crippen molar-refractivity contribution in [1.82, 2.24) is 0 Å². The number of nitrogens with zero attached hydrogens (tertiary/aromatic N) is 2.